The number of nitrogen functional groups attached to an aromatic ring is 1. The van der Waals surface area contributed by atoms with E-state index in [0.29, 0.717) is 6.54 Å². The lowest BCUT2D eigenvalue weighted by Crippen LogP contribution is -2.20. The predicted octanol–water partition coefficient (Wildman–Crippen LogP) is 1.41. The van der Waals surface area contributed by atoms with Crippen LogP contribution in [0.1, 0.15) is 23.2 Å². The van der Waals surface area contributed by atoms with Crippen LogP contribution in [0.2, 0.25) is 0 Å². The molecule has 0 radical (unpaired) electrons. The van der Waals surface area contributed by atoms with Gasteiger partial charge in [-0.1, -0.05) is 6.92 Å². The number of amides is 1. The number of anilines is 1. The number of rotatable bonds is 5. The zero-order valence-electron chi connectivity index (χ0n) is 11.0. The van der Waals surface area contributed by atoms with Gasteiger partial charge in [-0.15, -0.1) is 11.3 Å². The molecule has 0 saturated heterocycles. The fourth-order valence-corrected chi connectivity index (χ4v) is 2.24. The summed E-state index contributed by atoms with van der Waals surface area (Å²) in [5.41, 5.74) is 7.15. The highest BCUT2D eigenvalue weighted by Gasteiger charge is 2.02. The minimum atomic E-state index is -0.185. The second kappa shape index (κ2) is 6.76. The van der Waals surface area contributed by atoms with Gasteiger partial charge in [0.15, 0.2) is 0 Å². The summed E-state index contributed by atoms with van der Waals surface area (Å²) >= 11 is 1.55. The Morgan fingerprint density at radius 2 is 2.20 bits per heavy atom. The summed E-state index contributed by atoms with van der Waals surface area (Å²) in [6, 6.07) is 0. The monoisotopic (exact) mass is 289 g/mol. The van der Waals surface area contributed by atoms with Gasteiger partial charge in [0.05, 0.1) is 12.2 Å². The molecule has 0 aliphatic rings. The van der Waals surface area contributed by atoms with Gasteiger partial charge in [0, 0.05) is 29.4 Å². The Balaban J connectivity index is 1.84. The molecule has 2 aromatic heterocycles. The van der Waals surface area contributed by atoms with Crippen molar-refractivity contribution >= 4 is 29.3 Å². The van der Waals surface area contributed by atoms with E-state index in [1.165, 1.54) is 6.08 Å². The number of aryl methyl sites for hydroxylation is 1. The van der Waals surface area contributed by atoms with E-state index >= 15 is 0 Å². The molecule has 7 heteroatoms. The first-order chi connectivity index (χ1) is 9.67. The van der Waals surface area contributed by atoms with Crippen LogP contribution in [-0.4, -0.2) is 20.9 Å². The van der Waals surface area contributed by atoms with E-state index in [0.717, 1.165) is 22.7 Å². The second-order valence-electron chi connectivity index (χ2n) is 4.01. The number of carbonyl (C=O) groups is 1. The molecule has 2 heterocycles. The fraction of sp³-hybridized carbons (Fsp3) is 0.231. The zero-order valence-corrected chi connectivity index (χ0v) is 11.9. The fourth-order valence-electron chi connectivity index (χ4n) is 1.42. The summed E-state index contributed by atoms with van der Waals surface area (Å²) in [4.78, 5) is 23.7. The molecule has 0 aromatic carbocycles. The van der Waals surface area contributed by atoms with Gasteiger partial charge < -0.3 is 11.1 Å². The number of hydrogen-bond acceptors (Lipinski definition) is 6. The van der Waals surface area contributed by atoms with Crippen molar-refractivity contribution in [2.75, 3.05) is 5.73 Å². The number of aromatic nitrogens is 3. The quantitative estimate of drug-likeness (QED) is 0.812. The van der Waals surface area contributed by atoms with E-state index in [-0.39, 0.29) is 11.9 Å². The van der Waals surface area contributed by atoms with E-state index in [9.17, 15) is 4.79 Å². The average Bonchev–Trinajstić information content (AvgIpc) is 2.92. The Kier molecular flexibility index (Phi) is 4.78. The van der Waals surface area contributed by atoms with Crippen LogP contribution in [0, 0.1) is 0 Å². The molecule has 0 unspecified atom stereocenters. The van der Waals surface area contributed by atoms with Gasteiger partial charge in [-0.3, -0.25) is 4.79 Å². The van der Waals surface area contributed by atoms with E-state index in [1.807, 2.05) is 5.38 Å². The Labute approximate surface area is 120 Å². The second-order valence-corrected chi connectivity index (χ2v) is 4.95. The molecule has 104 valence electrons. The molecular weight excluding hydrogens is 274 g/mol. The first-order valence-electron chi connectivity index (χ1n) is 6.14. The minimum absolute atomic E-state index is 0.185. The smallest absolute Gasteiger partial charge is 0.244 e. The van der Waals surface area contributed by atoms with E-state index in [2.05, 4.69) is 27.2 Å². The molecule has 0 saturated carbocycles. The van der Waals surface area contributed by atoms with Gasteiger partial charge in [-0.25, -0.2) is 15.0 Å². The molecule has 2 aromatic rings. The topological polar surface area (TPSA) is 93.8 Å². The van der Waals surface area contributed by atoms with Crippen molar-refractivity contribution in [1.29, 1.82) is 0 Å². The molecule has 0 aliphatic carbocycles. The molecule has 0 fully saturated rings. The normalized spacial score (nSPS) is 10.8. The van der Waals surface area contributed by atoms with Crippen LogP contribution < -0.4 is 11.1 Å². The lowest BCUT2D eigenvalue weighted by molar-refractivity contribution is -0.116. The predicted molar refractivity (Wildman–Crippen MR) is 78.8 cm³/mol. The Hall–Kier alpha value is -2.28. The maximum atomic E-state index is 11.6. The molecule has 2 rings (SSSR count). The third-order valence-electron chi connectivity index (χ3n) is 2.49. The first kappa shape index (κ1) is 14.1. The maximum Gasteiger partial charge on any atom is 0.244 e. The third-order valence-corrected chi connectivity index (χ3v) is 3.39. The van der Waals surface area contributed by atoms with Crippen molar-refractivity contribution in [3.05, 3.63) is 40.1 Å². The van der Waals surface area contributed by atoms with Crippen molar-refractivity contribution in [2.45, 2.75) is 19.9 Å². The number of hydrogen-bond donors (Lipinski definition) is 2. The van der Waals surface area contributed by atoms with Crippen molar-refractivity contribution in [2.24, 2.45) is 0 Å². The van der Waals surface area contributed by atoms with Crippen LogP contribution in [0.4, 0.5) is 5.95 Å². The van der Waals surface area contributed by atoms with Crippen LogP contribution >= 0.6 is 11.3 Å². The molecule has 0 bridgehead atoms. The van der Waals surface area contributed by atoms with Gasteiger partial charge in [0.25, 0.3) is 0 Å². The summed E-state index contributed by atoms with van der Waals surface area (Å²) in [7, 11) is 0. The molecule has 6 nitrogen and oxygen atoms in total. The van der Waals surface area contributed by atoms with Gasteiger partial charge >= 0.3 is 0 Å². The molecule has 0 spiro atoms. The standard InChI is InChI=1S/C13H15N5OS/c1-2-10-8-20-12(18-10)7-15-11(19)4-3-9-5-16-13(14)17-6-9/h3-6,8H,2,7H2,1H3,(H,15,19)(H2,14,16,17). The van der Waals surface area contributed by atoms with Crippen molar-refractivity contribution in [1.82, 2.24) is 20.3 Å². The molecule has 0 aliphatic heterocycles. The number of carbonyl (C=O) groups excluding carboxylic acids is 1. The third kappa shape index (κ3) is 4.13. The lowest BCUT2D eigenvalue weighted by Gasteiger charge is -1.98. The summed E-state index contributed by atoms with van der Waals surface area (Å²) in [6.45, 7) is 2.49. The van der Waals surface area contributed by atoms with Crippen LogP contribution in [0.3, 0.4) is 0 Å². The summed E-state index contributed by atoms with van der Waals surface area (Å²) < 4.78 is 0. The first-order valence-corrected chi connectivity index (χ1v) is 7.02. The number of nitrogens with zero attached hydrogens (tertiary/aromatic N) is 3. The van der Waals surface area contributed by atoms with Gasteiger partial charge in [0.2, 0.25) is 11.9 Å². The average molecular weight is 289 g/mol. The molecule has 0 atom stereocenters. The maximum absolute atomic E-state index is 11.6. The highest BCUT2D eigenvalue weighted by molar-refractivity contribution is 7.09. The molecule has 20 heavy (non-hydrogen) atoms. The Morgan fingerprint density at radius 3 is 2.85 bits per heavy atom. The van der Waals surface area contributed by atoms with Crippen molar-refractivity contribution in [3.8, 4) is 0 Å². The SMILES string of the molecule is CCc1csc(CNC(=O)C=Cc2cnc(N)nc2)n1. The highest BCUT2D eigenvalue weighted by atomic mass is 32.1. The van der Waals surface area contributed by atoms with E-state index < -0.39 is 0 Å². The summed E-state index contributed by atoms with van der Waals surface area (Å²) in [5, 5.41) is 5.68. The lowest BCUT2D eigenvalue weighted by atomic mass is 10.3. The largest absolute Gasteiger partial charge is 0.368 e. The van der Waals surface area contributed by atoms with Crippen LogP contribution in [0.5, 0.6) is 0 Å². The number of thiazole rings is 1. The summed E-state index contributed by atoms with van der Waals surface area (Å²) in [5.74, 6) is 0.0252. The van der Waals surface area contributed by atoms with Crippen LogP contribution in [0.25, 0.3) is 6.08 Å². The minimum Gasteiger partial charge on any atom is -0.368 e. The van der Waals surface area contributed by atoms with Gasteiger partial charge in [-0.2, -0.15) is 0 Å². The molecule has 1 amide bonds. The zero-order chi connectivity index (χ0) is 14.4. The summed E-state index contributed by atoms with van der Waals surface area (Å²) in [6.07, 6.45) is 7.08. The van der Waals surface area contributed by atoms with Gasteiger partial charge in [-0.05, 0) is 12.5 Å². The Bertz CT molecular complexity index is 605. The van der Waals surface area contributed by atoms with Crippen molar-refractivity contribution in [3.63, 3.8) is 0 Å². The Morgan fingerprint density at radius 1 is 1.45 bits per heavy atom. The van der Waals surface area contributed by atoms with Crippen LogP contribution in [-0.2, 0) is 17.8 Å². The van der Waals surface area contributed by atoms with E-state index in [4.69, 9.17) is 5.73 Å². The number of nitrogens with one attached hydrogen (secondary N) is 1. The van der Waals surface area contributed by atoms with E-state index in [1.54, 1.807) is 29.8 Å². The molecule has 3 N–H and O–H groups in total. The molecular formula is C13H15N5OS. The van der Waals surface area contributed by atoms with Gasteiger partial charge in [0.1, 0.15) is 5.01 Å². The number of nitrogens with two attached hydrogens (primary N) is 1. The highest BCUT2D eigenvalue weighted by Crippen LogP contribution is 2.09. The van der Waals surface area contributed by atoms with Crippen LogP contribution in [0.15, 0.2) is 23.8 Å². The van der Waals surface area contributed by atoms with Crippen molar-refractivity contribution < 1.29 is 4.79 Å².